The summed E-state index contributed by atoms with van der Waals surface area (Å²) in [6, 6.07) is 12.6. The van der Waals surface area contributed by atoms with Crippen molar-refractivity contribution in [1.29, 1.82) is 0 Å². The number of carbonyl (C=O) groups excluding carboxylic acids is 1. The van der Waals surface area contributed by atoms with Gasteiger partial charge >= 0.3 is 0 Å². The number of amides is 1. The molecule has 6 nitrogen and oxygen atoms in total. The highest BCUT2D eigenvalue weighted by atomic mass is 16.5. The van der Waals surface area contributed by atoms with Crippen molar-refractivity contribution in [2.24, 2.45) is 0 Å². The molecular formula is C22H28N4O2. The van der Waals surface area contributed by atoms with Gasteiger partial charge in [0.05, 0.1) is 5.69 Å². The first kappa shape index (κ1) is 18.7. The molecule has 2 atom stereocenters. The second kappa shape index (κ2) is 8.19. The average molecular weight is 380 g/mol. The van der Waals surface area contributed by atoms with Gasteiger partial charge in [-0.3, -0.25) is 4.79 Å². The fraction of sp³-hybridized carbons (Fsp3) is 0.455. The summed E-state index contributed by atoms with van der Waals surface area (Å²) in [5.74, 6) is 0.927. The maximum absolute atomic E-state index is 13.2. The molecule has 1 fully saturated rings. The average Bonchev–Trinajstić information content (AvgIpc) is 3.33. The first-order valence-corrected chi connectivity index (χ1v) is 10.2. The zero-order valence-corrected chi connectivity index (χ0v) is 16.6. The molecule has 0 radical (unpaired) electrons. The van der Waals surface area contributed by atoms with Gasteiger partial charge in [0, 0.05) is 42.1 Å². The van der Waals surface area contributed by atoms with Crippen molar-refractivity contribution < 1.29 is 9.32 Å². The minimum atomic E-state index is 0.0940. The molecule has 1 amide bonds. The first-order valence-electron chi connectivity index (χ1n) is 10.2. The van der Waals surface area contributed by atoms with Crippen molar-refractivity contribution >= 4 is 16.8 Å². The molecule has 1 saturated carbocycles. The standard InChI is InChI=1S/C22H28N4O2/c1-3-26(22(27)21-12-16-7-4-5-10-20(16)24-21)19-9-6-8-17(13-19)23-14-18-11-15(2)28-25-18/h4-5,7,10-12,17,19,23-24H,3,6,8-9,13-14H2,1-2H3/t17-,19+/m1/s1. The Morgan fingerprint density at radius 2 is 2.18 bits per heavy atom. The van der Waals surface area contributed by atoms with Crippen LogP contribution in [0.2, 0.25) is 0 Å². The maximum Gasteiger partial charge on any atom is 0.270 e. The van der Waals surface area contributed by atoms with Crippen molar-refractivity contribution in [2.45, 2.75) is 58.2 Å². The molecule has 0 spiro atoms. The fourth-order valence-corrected chi connectivity index (χ4v) is 4.29. The SMILES string of the molecule is CCN(C(=O)c1cc2ccccc2[nH]1)[C@H]1CCC[C@@H](NCc2cc(C)on2)C1. The molecule has 148 valence electrons. The van der Waals surface area contributed by atoms with Crippen LogP contribution in [-0.4, -0.2) is 39.6 Å². The normalized spacial score (nSPS) is 19.8. The molecule has 4 rings (SSSR count). The van der Waals surface area contributed by atoms with Crippen molar-refractivity contribution in [1.82, 2.24) is 20.4 Å². The Balaban J connectivity index is 1.42. The Labute approximate surface area is 165 Å². The van der Waals surface area contributed by atoms with Gasteiger partial charge in [0.1, 0.15) is 11.5 Å². The summed E-state index contributed by atoms with van der Waals surface area (Å²) >= 11 is 0. The maximum atomic E-state index is 13.2. The van der Waals surface area contributed by atoms with Crippen LogP contribution in [0.4, 0.5) is 0 Å². The lowest BCUT2D eigenvalue weighted by atomic mass is 9.89. The summed E-state index contributed by atoms with van der Waals surface area (Å²) in [4.78, 5) is 18.5. The number of nitrogens with zero attached hydrogens (tertiary/aromatic N) is 2. The van der Waals surface area contributed by atoms with Gasteiger partial charge in [0.25, 0.3) is 5.91 Å². The molecule has 28 heavy (non-hydrogen) atoms. The van der Waals surface area contributed by atoms with Crippen LogP contribution < -0.4 is 5.32 Å². The van der Waals surface area contributed by atoms with Gasteiger partial charge in [-0.15, -0.1) is 0 Å². The number of fused-ring (bicyclic) bond motifs is 1. The van der Waals surface area contributed by atoms with E-state index in [1.807, 2.05) is 48.2 Å². The Kier molecular flexibility index (Phi) is 5.48. The molecule has 1 aromatic carbocycles. The number of aromatic nitrogens is 2. The Morgan fingerprint density at radius 1 is 1.32 bits per heavy atom. The monoisotopic (exact) mass is 380 g/mol. The first-order chi connectivity index (χ1) is 13.6. The molecule has 1 aliphatic rings. The Morgan fingerprint density at radius 3 is 2.93 bits per heavy atom. The molecule has 1 aliphatic carbocycles. The van der Waals surface area contributed by atoms with Crippen LogP contribution in [0.25, 0.3) is 10.9 Å². The van der Waals surface area contributed by atoms with Gasteiger partial charge in [-0.25, -0.2) is 0 Å². The number of hydrogen-bond acceptors (Lipinski definition) is 4. The molecule has 2 heterocycles. The molecule has 2 N–H and O–H groups in total. The van der Waals surface area contributed by atoms with E-state index in [-0.39, 0.29) is 11.9 Å². The lowest BCUT2D eigenvalue weighted by Crippen LogP contribution is -2.46. The number of nitrogens with one attached hydrogen (secondary N) is 2. The third-order valence-electron chi connectivity index (χ3n) is 5.70. The number of aromatic amines is 1. The van der Waals surface area contributed by atoms with Crippen LogP contribution in [0.1, 0.15) is 54.5 Å². The summed E-state index contributed by atoms with van der Waals surface area (Å²) < 4.78 is 5.14. The van der Waals surface area contributed by atoms with Gasteiger partial charge in [-0.05, 0) is 51.7 Å². The highest BCUT2D eigenvalue weighted by Gasteiger charge is 2.30. The van der Waals surface area contributed by atoms with Crippen LogP contribution >= 0.6 is 0 Å². The molecule has 0 bridgehead atoms. The zero-order valence-electron chi connectivity index (χ0n) is 16.6. The number of rotatable bonds is 6. The lowest BCUT2D eigenvalue weighted by molar-refractivity contribution is 0.0623. The molecular weight excluding hydrogens is 352 g/mol. The van der Waals surface area contributed by atoms with E-state index in [1.54, 1.807) is 0 Å². The van der Waals surface area contributed by atoms with Crippen molar-refractivity contribution in [3.8, 4) is 0 Å². The highest BCUT2D eigenvalue weighted by Crippen LogP contribution is 2.25. The molecule has 6 heteroatoms. The molecule has 0 saturated heterocycles. The van der Waals surface area contributed by atoms with Crippen LogP contribution in [-0.2, 0) is 6.54 Å². The molecule has 3 aromatic rings. The van der Waals surface area contributed by atoms with E-state index in [1.165, 1.54) is 0 Å². The van der Waals surface area contributed by atoms with E-state index in [4.69, 9.17) is 4.52 Å². The predicted molar refractivity (Wildman–Crippen MR) is 109 cm³/mol. The second-order valence-electron chi connectivity index (χ2n) is 7.69. The fourth-order valence-electron chi connectivity index (χ4n) is 4.29. The van der Waals surface area contributed by atoms with Crippen molar-refractivity contribution in [2.75, 3.05) is 6.54 Å². The Bertz CT molecular complexity index is 912. The topological polar surface area (TPSA) is 74.2 Å². The minimum absolute atomic E-state index is 0.0940. The lowest BCUT2D eigenvalue weighted by Gasteiger charge is -2.37. The van der Waals surface area contributed by atoms with Gasteiger partial charge in [-0.2, -0.15) is 0 Å². The molecule has 0 unspecified atom stereocenters. The molecule has 0 aliphatic heterocycles. The number of benzene rings is 1. The van der Waals surface area contributed by atoms with Crippen LogP contribution in [0, 0.1) is 6.92 Å². The second-order valence-corrected chi connectivity index (χ2v) is 7.69. The minimum Gasteiger partial charge on any atom is -0.361 e. The predicted octanol–water partition coefficient (Wildman–Crippen LogP) is 4.03. The number of aryl methyl sites for hydroxylation is 1. The van der Waals surface area contributed by atoms with Gasteiger partial charge in [-0.1, -0.05) is 23.4 Å². The smallest absolute Gasteiger partial charge is 0.270 e. The number of H-pyrrole nitrogens is 1. The van der Waals surface area contributed by atoms with E-state index in [2.05, 4.69) is 22.4 Å². The summed E-state index contributed by atoms with van der Waals surface area (Å²) in [7, 11) is 0. The van der Waals surface area contributed by atoms with Gasteiger partial charge in [0.15, 0.2) is 0 Å². The van der Waals surface area contributed by atoms with E-state index in [9.17, 15) is 4.79 Å². The molecule has 2 aromatic heterocycles. The highest BCUT2D eigenvalue weighted by molar-refractivity contribution is 5.98. The van der Waals surface area contributed by atoms with Crippen molar-refractivity contribution in [3.63, 3.8) is 0 Å². The van der Waals surface area contributed by atoms with Gasteiger partial charge in [0.2, 0.25) is 0 Å². The van der Waals surface area contributed by atoms with E-state index in [0.717, 1.165) is 48.0 Å². The zero-order chi connectivity index (χ0) is 19.5. The number of carbonyl (C=O) groups is 1. The van der Waals surface area contributed by atoms with Crippen LogP contribution in [0.5, 0.6) is 0 Å². The Hall–Kier alpha value is -2.60. The third-order valence-corrected chi connectivity index (χ3v) is 5.70. The van der Waals surface area contributed by atoms with E-state index >= 15 is 0 Å². The quantitative estimate of drug-likeness (QED) is 0.677. The van der Waals surface area contributed by atoms with Crippen molar-refractivity contribution in [3.05, 3.63) is 53.5 Å². The largest absolute Gasteiger partial charge is 0.361 e. The van der Waals surface area contributed by atoms with Crippen LogP contribution in [0.3, 0.4) is 0 Å². The van der Waals surface area contributed by atoms with E-state index < -0.39 is 0 Å². The number of para-hydroxylation sites is 1. The third kappa shape index (κ3) is 3.97. The van der Waals surface area contributed by atoms with Crippen LogP contribution in [0.15, 0.2) is 40.9 Å². The van der Waals surface area contributed by atoms with Gasteiger partial charge < -0.3 is 19.7 Å². The summed E-state index contributed by atoms with van der Waals surface area (Å²) in [5, 5.41) is 8.72. The number of hydrogen-bond donors (Lipinski definition) is 2. The summed E-state index contributed by atoms with van der Waals surface area (Å²) in [6.07, 6.45) is 4.28. The summed E-state index contributed by atoms with van der Waals surface area (Å²) in [5.41, 5.74) is 2.62. The van der Waals surface area contributed by atoms with E-state index in [0.29, 0.717) is 24.8 Å². The summed E-state index contributed by atoms with van der Waals surface area (Å²) in [6.45, 7) is 5.39.